The molecule has 0 heterocycles. The van der Waals surface area contributed by atoms with Crippen LogP contribution in [-0.2, 0) is 4.84 Å². The lowest BCUT2D eigenvalue weighted by Gasteiger charge is -1.94. The summed E-state index contributed by atoms with van der Waals surface area (Å²) >= 11 is 0. The topological polar surface area (TPSA) is 41.8 Å². The molecule has 0 spiro atoms. The maximum absolute atomic E-state index is 9.19. The number of phenols is 1. The van der Waals surface area contributed by atoms with Gasteiger partial charge in [0.25, 0.3) is 0 Å². The van der Waals surface area contributed by atoms with Crippen LogP contribution in [0.2, 0.25) is 0 Å². The number of aromatic hydroxyl groups is 1. The maximum atomic E-state index is 9.19. The molecule has 1 aromatic rings. The lowest BCUT2D eigenvalue weighted by Crippen LogP contribution is -1.81. The van der Waals surface area contributed by atoms with Crippen LogP contribution in [0.25, 0.3) is 0 Å². The SMILES string of the molecule is CC.CO/N=C\c1ccccc1O. The van der Waals surface area contributed by atoms with E-state index in [1.54, 1.807) is 18.2 Å². The van der Waals surface area contributed by atoms with E-state index in [9.17, 15) is 5.11 Å². The number of hydrogen-bond acceptors (Lipinski definition) is 3. The smallest absolute Gasteiger partial charge is 0.124 e. The van der Waals surface area contributed by atoms with E-state index >= 15 is 0 Å². The zero-order valence-corrected chi connectivity index (χ0v) is 8.19. The summed E-state index contributed by atoms with van der Waals surface area (Å²) < 4.78 is 0. The van der Waals surface area contributed by atoms with Gasteiger partial charge in [0.15, 0.2) is 0 Å². The molecule has 0 saturated heterocycles. The van der Waals surface area contributed by atoms with Crippen LogP contribution in [0.3, 0.4) is 0 Å². The molecular formula is C10H15NO2. The van der Waals surface area contributed by atoms with Crippen molar-refractivity contribution in [1.29, 1.82) is 0 Å². The second-order valence-electron chi connectivity index (χ2n) is 1.98. The molecule has 13 heavy (non-hydrogen) atoms. The Morgan fingerprint density at radius 1 is 1.31 bits per heavy atom. The number of para-hydroxylation sites is 1. The summed E-state index contributed by atoms with van der Waals surface area (Å²) in [5.41, 5.74) is 0.648. The Kier molecular flexibility index (Phi) is 6.32. The highest BCUT2D eigenvalue weighted by Crippen LogP contribution is 2.12. The first-order valence-electron chi connectivity index (χ1n) is 4.19. The molecule has 0 fully saturated rings. The normalized spacial score (nSPS) is 9.15. The Hall–Kier alpha value is -1.51. The summed E-state index contributed by atoms with van der Waals surface area (Å²) in [6, 6.07) is 6.91. The monoisotopic (exact) mass is 181 g/mol. The summed E-state index contributed by atoms with van der Waals surface area (Å²) in [5.74, 6) is 0.202. The van der Waals surface area contributed by atoms with Crippen LogP contribution in [-0.4, -0.2) is 18.4 Å². The van der Waals surface area contributed by atoms with E-state index in [4.69, 9.17) is 0 Å². The molecule has 0 saturated carbocycles. The van der Waals surface area contributed by atoms with Gasteiger partial charge in [0.1, 0.15) is 12.9 Å². The van der Waals surface area contributed by atoms with Gasteiger partial charge < -0.3 is 9.94 Å². The van der Waals surface area contributed by atoms with Gasteiger partial charge in [0.2, 0.25) is 0 Å². The van der Waals surface area contributed by atoms with Crippen molar-refractivity contribution in [1.82, 2.24) is 0 Å². The van der Waals surface area contributed by atoms with Crippen LogP contribution < -0.4 is 0 Å². The number of phenolic OH excluding ortho intramolecular Hbond substituents is 1. The highest BCUT2D eigenvalue weighted by Gasteiger charge is 1.93. The Morgan fingerprint density at radius 3 is 2.46 bits per heavy atom. The Bertz CT molecular complexity index is 259. The number of benzene rings is 1. The van der Waals surface area contributed by atoms with E-state index in [2.05, 4.69) is 9.99 Å². The summed E-state index contributed by atoms with van der Waals surface area (Å²) in [6.45, 7) is 4.00. The van der Waals surface area contributed by atoms with Gasteiger partial charge in [-0.2, -0.15) is 0 Å². The minimum atomic E-state index is 0.202. The zero-order valence-electron chi connectivity index (χ0n) is 8.19. The second-order valence-corrected chi connectivity index (χ2v) is 1.98. The van der Waals surface area contributed by atoms with Crippen LogP contribution >= 0.6 is 0 Å². The van der Waals surface area contributed by atoms with Crippen molar-refractivity contribution in [2.45, 2.75) is 13.8 Å². The molecule has 0 aliphatic carbocycles. The van der Waals surface area contributed by atoms with E-state index in [0.717, 1.165) is 0 Å². The van der Waals surface area contributed by atoms with Gasteiger partial charge >= 0.3 is 0 Å². The predicted molar refractivity (Wildman–Crippen MR) is 54.1 cm³/mol. The Labute approximate surface area is 78.7 Å². The summed E-state index contributed by atoms with van der Waals surface area (Å²) in [6.07, 6.45) is 1.45. The van der Waals surface area contributed by atoms with Gasteiger partial charge in [-0.25, -0.2) is 0 Å². The summed E-state index contributed by atoms with van der Waals surface area (Å²) in [7, 11) is 1.45. The van der Waals surface area contributed by atoms with Crippen molar-refractivity contribution in [3.63, 3.8) is 0 Å². The standard InChI is InChI=1S/C8H9NO2.C2H6/c1-11-9-6-7-4-2-3-5-8(7)10;1-2/h2-6,10H,1H3;1-2H3/b9-6-;. The van der Waals surface area contributed by atoms with Gasteiger partial charge in [-0.05, 0) is 12.1 Å². The molecule has 1 aromatic carbocycles. The fraction of sp³-hybridized carbons (Fsp3) is 0.300. The zero-order chi connectivity index (χ0) is 10.1. The first-order valence-corrected chi connectivity index (χ1v) is 4.19. The third kappa shape index (κ3) is 4.15. The van der Waals surface area contributed by atoms with Crippen LogP contribution in [0.1, 0.15) is 19.4 Å². The Morgan fingerprint density at radius 2 is 1.92 bits per heavy atom. The average Bonchev–Trinajstić information content (AvgIpc) is 2.20. The minimum Gasteiger partial charge on any atom is -0.507 e. The summed E-state index contributed by atoms with van der Waals surface area (Å²) in [5, 5.41) is 12.7. The number of hydrogen-bond donors (Lipinski definition) is 1. The molecule has 3 nitrogen and oxygen atoms in total. The lowest BCUT2D eigenvalue weighted by molar-refractivity contribution is 0.215. The second kappa shape index (κ2) is 7.16. The number of oxime groups is 1. The molecule has 0 amide bonds. The number of rotatable bonds is 2. The van der Waals surface area contributed by atoms with Crippen molar-refractivity contribution in [2.75, 3.05) is 7.11 Å². The molecule has 3 heteroatoms. The molecule has 0 aromatic heterocycles. The molecule has 1 rings (SSSR count). The van der Waals surface area contributed by atoms with Crippen LogP contribution in [0, 0.1) is 0 Å². The van der Waals surface area contributed by atoms with Crippen molar-refractivity contribution in [3.05, 3.63) is 29.8 Å². The van der Waals surface area contributed by atoms with E-state index < -0.39 is 0 Å². The summed E-state index contributed by atoms with van der Waals surface area (Å²) in [4.78, 5) is 4.46. The van der Waals surface area contributed by atoms with Crippen molar-refractivity contribution in [3.8, 4) is 5.75 Å². The van der Waals surface area contributed by atoms with Gasteiger partial charge in [-0.15, -0.1) is 0 Å². The molecule has 0 bridgehead atoms. The van der Waals surface area contributed by atoms with Crippen molar-refractivity contribution >= 4 is 6.21 Å². The Balaban J connectivity index is 0.000000671. The number of nitrogens with zero attached hydrogens (tertiary/aromatic N) is 1. The largest absolute Gasteiger partial charge is 0.507 e. The fourth-order valence-electron chi connectivity index (χ4n) is 0.706. The quantitative estimate of drug-likeness (QED) is 0.562. The first kappa shape index (κ1) is 11.5. The molecule has 0 aliphatic heterocycles. The fourth-order valence-corrected chi connectivity index (χ4v) is 0.706. The van der Waals surface area contributed by atoms with Crippen molar-refractivity contribution < 1.29 is 9.94 Å². The van der Waals surface area contributed by atoms with E-state index in [1.807, 2.05) is 19.9 Å². The average molecular weight is 181 g/mol. The third-order valence-corrected chi connectivity index (χ3v) is 1.23. The van der Waals surface area contributed by atoms with Gasteiger partial charge in [-0.1, -0.05) is 31.1 Å². The van der Waals surface area contributed by atoms with E-state index in [1.165, 1.54) is 13.3 Å². The highest BCUT2D eigenvalue weighted by molar-refractivity contribution is 5.82. The van der Waals surface area contributed by atoms with E-state index in [0.29, 0.717) is 5.56 Å². The molecule has 0 unspecified atom stereocenters. The van der Waals surface area contributed by atoms with Gasteiger partial charge in [-0.3, -0.25) is 0 Å². The molecular weight excluding hydrogens is 166 g/mol. The molecule has 0 aliphatic rings. The first-order chi connectivity index (χ1) is 6.34. The minimum absolute atomic E-state index is 0.202. The lowest BCUT2D eigenvalue weighted by atomic mass is 10.2. The maximum Gasteiger partial charge on any atom is 0.124 e. The molecule has 1 N–H and O–H groups in total. The highest BCUT2D eigenvalue weighted by atomic mass is 16.6. The van der Waals surface area contributed by atoms with Crippen molar-refractivity contribution in [2.24, 2.45) is 5.16 Å². The molecule has 0 radical (unpaired) electrons. The van der Waals surface area contributed by atoms with Gasteiger partial charge in [0.05, 0.1) is 6.21 Å². The molecule has 72 valence electrons. The van der Waals surface area contributed by atoms with Crippen LogP contribution in [0.15, 0.2) is 29.4 Å². The van der Waals surface area contributed by atoms with Crippen LogP contribution in [0.5, 0.6) is 5.75 Å². The van der Waals surface area contributed by atoms with E-state index in [-0.39, 0.29) is 5.75 Å². The third-order valence-electron chi connectivity index (χ3n) is 1.23. The molecule has 0 atom stereocenters. The van der Waals surface area contributed by atoms with Crippen LogP contribution in [0.4, 0.5) is 0 Å². The predicted octanol–water partition coefficient (Wildman–Crippen LogP) is 2.40. The van der Waals surface area contributed by atoms with Gasteiger partial charge in [0, 0.05) is 5.56 Å².